The van der Waals surface area contributed by atoms with Crippen molar-refractivity contribution in [3.8, 4) is 11.4 Å². The fraction of sp³-hybridized carbons (Fsp3) is 0.500. The number of nitrogens with zero attached hydrogens (tertiary/aromatic N) is 3. The number of nitrogens with one attached hydrogen (secondary N) is 1. The Balaban J connectivity index is 1.35. The highest BCUT2D eigenvalue weighted by molar-refractivity contribution is 6.33. The predicted octanol–water partition coefficient (Wildman–Crippen LogP) is 1.49. The largest absolute Gasteiger partial charge is 0.372 e. The van der Waals surface area contributed by atoms with Gasteiger partial charge in [-0.3, -0.25) is 9.69 Å². The van der Waals surface area contributed by atoms with E-state index in [0.29, 0.717) is 49.6 Å². The van der Waals surface area contributed by atoms with Crippen molar-refractivity contribution in [2.45, 2.75) is 31.7 Å². The first-order chi connectivity index (χ1) is 13.1. The maximum Gasteiger partial charge on any atom is 0.241 e. The molecule has 1 aromatic heterocycles. The minimum atomic E-state index is -0.101. The Kier molecular flexibility index (Phi) is 5.40. The quantitative estimate of drug-likeness (QED) is 0.843. The highest BCUT2D eigenvalue weighted by Gasteiger charge is 2.38. The second kappa shape index (κ2) is 7.93. The number of hydrogen-bond donors (Lipinski definition) is 1. The van der Waals surface area contributed by atoms with Crippen molar-refractivity contribution in [2.24, 2.45) is 0 Å². The van der Waals surface area contributed by atoms with Crippen molar-refractivity contribution >= 4 is 17.5 Å². The second-order valence-corrected chi connectivity index (χ2v) is 7.23. The molecule has 4 rings (SSSR count). The average Bonchev–Trinajstić information content (AvgIpc) is 3.20. The first-order valence-electron chi connectivity index (χ1n) is 8.88. The molecule has 0 unspecified atom stereocenters. The van der Waals surface area contributed by atoms with Crippen LogP contribution in [0.3, 0.4) is 0 Å². The molecule has 2 fully saturated rings. The number of fused-ring (bicyclic) bond motifs is 1. The third-order valence-corrected chi connectivity index (χ3v) is 4.99. The van der Waals surface area contributed by atoms with E-state index in [1.807, 2.05) is 18.2 Å². The van der Waals surface area contributed by atoms with Crippen molar-refractivity contribution in [3.05, 3.63) is 35.2 Å². The summed E-state index contributed by atoms with van der Waals surface area (Å²) >= 11 is 6.19. The molecule has 1 N–H and O–H groups in total. The topological polar surface area (TPSA) is 89.7 Å². The predicted molar refractivity (Wildman–Crippen MR) is 97.1 cm³/mol. The summed E-state index contributed by atoms with van der Waals surface area (Å²) in [7, 11) is 0. The summed E-state index contributed by atoms with van der Waals surface area (Å²) in [6.07, 6.45) is -0.0653. The molecular weight excluding hydrogens is 372 g/mol. The standard InChI is InChI=1S/C18H21ClN4O4/c1-11(24)20-12-9-25-15-6-23(7-16(15)26-10-12)8-17-21-18(22-27-17)13-4-2-3-5-14(13)19/h2-5,12,15-16H,6-10H2,1H3,(H,20,24)/t15-,16-/m0/s1. The van der Waals surface area contributed by atoms with Gasteiger partial charge in [0.1, 0.15) is 0 Å². The van der Waals surface area contributed by atoms with Crippen LogP contribution in [-0.2, 0) is 20.8 Å². The molecule has 27 heavy (non-hydrogen) atoms. The maximum atomic E-state index is 11.2. The molecular formula is C18H21ClN4O4. The lowest BCUT2D eigenvalue weighted by molar-refractivity contribution is -0.120. The first kappa shape index (κ1) is 18.4. The SMILES string of the molecule is CC(=O)NC1CO[C@H]2CN(Cc3nc(-c4ccccc4Cl)no3)C[C@@H]2OC1. The molecule has 0 saturated carbocycles. The van der Waals surface area contributed by atoms with Gasteiger partial charge in [-0.15, -0.1) is 0 Å². The fourth-order valence-electron chi connectivity index (χ4n) is 3.43. The molecule has 2 aliphatic rings. The fourth-order valence-corrected chi connectivity index (χ4v) is 3.65. The van der Waals surface area contributed by atoms with Gasteiger partial charge in [-0.1, -0.05) is 28.9 Å². The normalized spacial score (nSPS) is 23.8. The molecule has 9 heteroatoms. The summed E-state index contributed by atoms with van der Waals surface area (Å²) in [5, 5.41) is 7.46. The third kappa shape index (κ3) is 4.30. The summed E-state index contributed by atoms with van der Waals surface area (Å²) < 4.78 is 17.3. The number of rotatable bonds is 4. The lowest BCUT2D eigenvalue weighted by atomic mass is 10.2. The summed E-state index contributed by atoms with van der Waals surface area (Å²) in [6.45, 7) is 4.33. The molecule has 0 radical (unpaired) electrons. The minimum absolute atomic E-state index is 0.0327. The number of hydrogen-bond acceptors (Lipinski definition) is 7. The minimum Gasteiger partial charge on any atom is -0.372 e. The Bertz CT molecular complexity index is 798. The zero-order valence-electron chi connectivity index (χ0n) is 14.9. The highest BCUT2D eigenvalue weighted by Crippen LogP contribution is 2.26. The van der Waals surface area contributed by atoms with E-state index in [9.17, 15) is 4.79 Å². The number of carbonyl (C=O) groups excluding carboxylic acids is 1. The van der Waals surface area contributed by atoms with Gasteiger partial charge in [0.05, 0.1) is 43.0 Å². The molecule has 2 atom stereocenters. The number of halogens is 1. The third-order valence-electron chi connectivity index (χ3n) is 4.66. The Morgan fingerprint density at radius 2 is 1.96 bits per heavy atom. The number of likely N-dealkylation sites (tertiary alicyclic amines) is 1. The van der Waals surface area contributed by atoms with Crippen LogP contribution in [0.1, 0.15) is 12.8 Å². The molecule has 0 aliphatic carbocycles. The van der Waals surface area contributed by atoms with E-state index >= 15 is 0 Å². The molecule has 1 aromatic carbocycles. The Morgan fingerprint density at radius 3 is 2.63 bits per heavy atom. The molecule has 0 spiro atoms. The van der Waals surface area contributed by atoms with Crippen LogP contribution in [0.2, 0.25) is 5.02 Å². The lowest BCUT2D eigenvalue weighted by Crippen LogP contribution is -2.40. The Hall–Kier alpha value is -2.00. The van der Waals surface area contributed by atoms with Gasteiger partial charge in [0, 0.05) is 25.6 Å². The molecule has 1 amide bonds. The number of benzene rings is 1. The molecule has 8 nitrogen and oxygen atoms in total. The van der Waals surface area contributed by atoms with Crippen LogP contribution < -0.4 is 5.32 Å². The molecule has 2 aliphatic heterocycles. The van der Waals surface area contributed by atoms with Crippen molar-refractivity contribution in [3.63, 3.8) is 0 Å². The zero-order valence-corrected chi connectivity index (χ0v) is 15.7. The number of amides is 1. The van der Waals surface area contributed by atoms with Crippen LogP contribution in [-0.4, -0.2) is 65.5 Å². The van der Waals surface area contributed by atoms with Gasteiger partial charge in [-0.05, 0) is 12.1 Å². The van der Waals surface area contributed by atoms with E-state index in [1.165, 1.54) is 6.92 Å². The van der Waals surface area contributed by atoms with Gasteiger partial charge in [0.15, 0.2) is 0 Å². The zero-order chi connectivity index (χ0) is 18.8. The van der Waals surface area contributed by atoms with Crippen LogP contribution in [0.15, 0.2) is 28.8 Å². The van der Waals surface area contributed by atoms with Gasteiger partial charge in [0.25, 0.3) is 0 Å². The van der Waals surface area contributed by atoms with Crippen LogP contribution in [0.5, 0.6) is 0 Å². The van der Waals surface area contributed by atoms with Gasteiger partial charge in [-0.25, -0.2) is 0 Å². The van der Waals surface area contributed by atoms with Gasteiger partial charge in [0.2, 0.25) is 17.6 Å². The number of carbonyl (C=O) groups is 1. The van der Waals surface area contributed by atoms with Crippen molar-refractivity contribution in [1.29, 1.82) is 0 Å². The Labute approximate surface area is 161 Å². The summed E-state index contributed by atoms with van der Waals surface area (Å²) in [6, 6.07) is 7.30. The monoisotopic (exact) mass is 392 g/mol. The van der Waals surface area contributed by atoms with E-state index in [0.717, 1.165) is 5.56 Å². The van der Waals surface area contributed by atoms with E-state index in [2.05, 4.69) is 20.4 Å². The maximum absolute atomic E-state index is 11.2. The lowest BCUT2D eigenvalue weighted by Gasteiger charge is -2.17. The molecule has 2 aromatic rings. The van der Waals surface area contributed by atoms with E-state index in [4.69, 9.17) is 25.6 Å². The molecule has 144 valence electrons. The average molecular weight is 393 g/mol. The highest BCUT2D eigenvalue weighted by atomic mass is 35.5. The van der Waals surface area contributed by atoms with E-state index in [1.54, 1.807) is 6.07 Å². The molecule has 0 bridgehead atoms. The van der Waals surface area contributed by atoms with Crippen molar-refractivity contribution in [2.75, 3.05) is 26.3 Å². The van der Waals surface area contributed by atoms with Gasteiger partial charge < -0.3 is 19.3 Å². The van der Waals surface area contributed by atoms with E-state index < -0.39 is 0 Å². The van der Waals surface area contributed by atoms with Crippen LogP contribution in [0.25, 0.3) is 11.4 Å². The summed E-state index contributed by atoms with van der Waals surface area (Å²) in [5.74, 6) is 0.929. The Morgan fingerprint density at radius 1 is 1.26 bits per heavy atom. The number of aromatic nitrogens is 2. The summed E-state index contributed by atoms with van der Waals surface area (Å²) in [4.78, 5) is 17.8. The van der Waals surface area contributed by atoms with Gasteiger partial charge in [-0.2, -0.15) is 4.98 Å². The van der Waals surface area contributed by atoms with Crippen molar-refractivity contribution in [1.82, 2.24) is 20.4 Å². The number of ether oxygens (including phenoxy) is 2. The summed E-state index contributed by atoms with van der Waals surface area (Å²) in [5.41, 5.74) is 0.747. The second-order valence-electron chi connectivity index (χ2n) is 6.83. The van der Waals surface area contributed by atoms with E-state index in [-0.39, 0.29) is 24.2 Å². The van der Waals surface area contributed by atoms with Crippen molar-refractivity contribution < 1.29 is 18.8 Å². The smallest absolute Gasteiger partial charge is 0.241 e. The molecule has 2 saturated heterocycles. The molecule has 3 heterocycles. The van der Waals surface area contributed by atoms with Gasteiger partial charge >= 0.3 is 0 Å². The van der Waals surface area contributed by atoms with Crippen LogP contribution in [0.4, 0.5) is 0 Å². The van der Waals surface area contributed by atoms with Crippen LogP contribution >= 0.6 is 11.6 Å². The first-order valence-corrected chi connectivity index (χ1v) is 9.26. The van der Waals surface area contributed by atoms with Crippen LogP contribution in [0, 0.1) is 0 Å².